The Kier molecular flexibility index (Phi) is 3.59. The molecule has 23 heavy (non-hydrogen) atoms. The first kappa shape index (κ1) is 15.0. The summed E-state index contributed by atoms with van der Waals surface area (Å²) >= 11 is 0. The molecule has 0 spiro atoms. The van der Waals surface area contributed by atoms with E-state index >= 15 is 0 Å². The number of hydrogen-bond acceptors (Lipinski definition) is 3. The minimum atomic E-state index is -3.33. The number of benzene rings is 1. The lowest BCUT2D eigenvalue weighted by molar-refractivity contribution is -0.119. The van der Waals surface area contributed by atoms with Crippen molar-refractivity contribution in [3.05, 3.63) is 23.8 Å². The molecule has 0 unspecified atom stereocenters. The molecule has 1 aromatic carbocycles. The standard InChI is InChI=1S/C17H22N2O3S/c20-17(13-5-6-13)19-10-9-12-7-8-14(11-16(12)19)18-23(21,22)15-3-1-2-4-15/h7-8,11,13,15,18H,1-6,9-10H2. The van der Waals surface area contributed by atoms with Gasteiger partial charge in [-0.05, 0) is 49.8 Å². The zero-order valence-corrected chi connectivity index (χ0v) is 13.9. The SMILES string of the molecule is O=C(C1CC1)N1CCc2ccc(NS(=O)(=O)C3CCCC3)cc21. The first-order valence-corrected chi connectivity index (χ1v) is 10.1. The van der Waals surface area contributed by atoms with Crippen LogP contribution in [0.25, 0.3) is 0 Å². The van der Waals surface area contributed by atoms with E-state index in [2.05, 4.69) is 4.72 Å². The van der Waals surface area contributed by atoms with Crippen molar-refractivity contribution in [3.8, 4) is 0 Å². The Morgan fingerprint density at radius 3 is 2.57 bits per heavy atom. The molecule has 2 saturated carbocycles. The lowest BCUT2D eigenvalue weighted by Crippen LogP contribution is -2.30. The average Bonchev–Trinajstić information content (AvgIpc) is 3.05. The molecule has 1 N–H and O–H groups in total. The van der Waals surface area contributed by atoms with Crippen molar-refractivity contribution in [3.63, 3.8) is 0 Å². The van der Waals surface area contributed by atoms with Crippen LogP contribution in [0.3, 0.4) is 0 Å². The van der Waals surface area contributed by atoms with E-state index in [1.165, 1.54) is 0 Å². The molecule has 6 heteroatoms. The maximum absolute atomic E-state index is 12.4. The zero-order chi connectivity index (χ0) is 16.0. The molecule has 4 rings (SSSR count). The number of nitrogens with one attached hydrogen (secondary N) is 1. The number of amides is 1. The van der Waals surface area contributed by atoms with Gasteiger partial charge in [-0.3, -0.25) is 9.52 Å². The lowest BCUT2D eigenvalue weighted by atomic mass is 10.1. The number of nitrogens with zero attached hydrogens (tertiary/aromatic N) is 1. The molecule has 5 nitrogen and oxygen atoms in total. The molecule has 1 heterocycles. The van der Waals surface area contributed by atoms with E-state index in [0.29, 0.717) is 12.2 Å². The summed E-state index contributed by atoms with van der Waals surface area (Å²) < 4.78 is 27.6. The van der Waals surface area contributed by atoms with Crippen molar-refractivity contribution in [1.82, 2.24) is 0 Å². The van der Waals surface area contributed by atoms with E-state index in [4.69, 9.17) is 0 Å². The van der Waals surface area contributed by atoms with Crippen molar-refractivity contribution in [2.75, 3.05) is 16.2 Å². The highest BCUT2D eigenvalue weighted by atomic mass is 32.2. The predicted octanol–water partition coefficient (Wildman–Crippen LogP) is 2.67. The molecule has 2 fully saturated rings. The maximum Gasteiger partial charge on any atom is 0.235 e. The Hall–Kier alpha value is -1.56. The Bertz CT molecular complexity index is 734. The van der Waals surface area contributed by atoms with Gasteiger partial charge in [-0.1, -0.05) is 18.9 Å². The van der Waals surface area contributed by atoms with Crippen LogP contribution in [0, 0.1) is 5.92 Å². The molecule has 1 aromatic rings. The summed E-state index contributed by atoms with van der Waals surface area (Å²) in [5.41, 5.74) is 2.59. The van der Waals surface area contributed by atoms with Crippen molar-refractivity contribution in [2.45, 2.75) is 50.2 Å². The summed E-state index contributed by atoms with van der Waals surface area (Å²) in [5, 5.41) is -0.278. The first-order valence-electron chi connectivity index (χ1n) is 8.50. The number of anilines is 2. The molecular weight excluding hydrogens is 312 g/mol. The minimum absolute atomic E-state index is 0.180. The third-order valence-corrected chi connectivity index (χ3v) is 7.04. The molecule has 0 atom stereocenters. The Labute approximate surface area is 137 Å². The van der Waals surface area contributed by atoms with Crippen LogP contribution in [0.4, 0.5) is 11.4 Å². The summed E-state index contributed by atoms with van der Waals surface area (Å²) in [4.78, 5) is 14.2. The molecule has 0 bridgehead atoms. The predicted molar refractivity (Wildman–Crippen MR) is 90.0 cm³/mol. The van der Waals surface area contributed by atoms with Gasteiger partial charge in [0.15, 0.2) is 0 Å². The van der Waals surface area contributed by atoms with Crippen LogP contribution in [0.5, 0.6) is 0 Å². The average molecular weight is 334 g/mol. The number of fused-ring (bicyclic) bond motifs is 1. The number of hydrogen-bond donors (Lipinski definition) is 1. The number of carbonyl (C=O) groups is 1. The fourth-order valence-electron chi connectivity index (χ4n) is 3.67. The molecule has 124 valence electrons. The minimum Gasteiger partial charge on any atom is -0.312 e. The molecule has 0 radical (unpaired) electrons. The van der Waals surface area contributed by atoms with E-state index in [-0.39, 0.29) is 17.1 Å². The Balaban J connectivity index is 1.57. The number of rotatable bonds is 4. The number of sulfonamides is 1. The van der Waals surface area contributed by atoms with Crippen molar-refractivity contribution in [2.24, 2.45) is 5.92 Å². The third kappa shape index (κ3) is 2.84. The van der Waals surface area contributed by atoms with Crippen LogP contribution < -0.4 is 9.62 Å². The molecule has 1 amide bonds. The maximum atomic E-state index is 12.4. The van der Waals surface area contributed by atoms with Gasteiger partial charge in [0.2, 0.25) is 15.9 Å². The fraction of sp³-hybridized carbons (Fsp3) is 0.588. The zero-order valence-electron chi connectivity index (χ0n) is 13.1. The van der Waals surface area contributed by atoms with Crippen LogP contribution in [-0.2, 0) is 21.2 Å². The summed E-state index contributed by atoms with van der Waals surface area (Å²) in [7, 11) is -3.33. The lowest BCUT2D eigenvalue weighted by Gasteiger charge is -2.19. The van der Waals surface area contributed by atoms with Crippen LogP contribution in [-0.4, -0.2) is 26.1 Å². The molecule has 1 aliphatic heterocycles. The highest BCUT2D eigenvalue weighted by molar-refractivity contribution is 7.93. The second-order valence-corrected chi connectivity index (χ2v) is 8.87. The molecule has 2 aliphatic carbocycles. The Morgan fingerprint density at radius 2 is 1.87 bits per heavy atom. The Morgan fingerprint density at radius 1 is 1.13 bits per heavy atom. The van der Waals surface area contributed by atoms with Crippen molar-refractivity contribution >= 4 is 27.3 Å². The topological polar surface area (TPSA) is 66.5 Å². The molecular formula is C17H22N2O3S. The van der Waals surface area contributed by atoms with E-state index in [0.717, 1.165) is 56.2 Å². The number of carbonyl (C=O) groups excluding carboxylic acids is 1. The van der Waals surface area contributed by atoms with Gasteiger partial charge in [0, 0.05) is 18.2 Å². The normalized spacial score (nSPS) is 21.5. The van der Waals surface area contributed by atoms with Crippen molar-refractivity contribution in [1.29, 1.82) is 0 Å². The monoisotopic (exact) mass is 334 g/mol. The van der Waals surface area contributed by atoms with Gasteiger partial charge in [-0.25, -0.2) is 8.42 Å². The van der Waals surface area contributed by atoms with Gasteiger partial charge >= 0.3 is 0 Å². The van der Waals surface area contributed by atoms with Gasteiger partial charge in [0.1, 0.15) is 0 Å². The van der Waals surface area contributed by atoms with E-state index in [9.17, 15) is 13.2 Å². The summed E-state index contributed by atoms with van der Waals surface area (Å²) in [6.45, 7) is 0.712. The molecule has 3 aliphatic rings. The third-order valence-electron chi connectivity index (χ3n) is 5.17. The van der Waals surface area contributed by atoms with E-state index < -0.39 is 10.0 Å². The second kappa shape index (κ2) is 5.51. The summed E-state index contributed by atoms with van der Waals surface area (Å²) in [6, 6.07) is 5.59. The second-order valence-electron chi connectivity index (χ2n) is 6.91. The van der Waals surface area contributed by atoms with Crippen LogP contribution in [0.15, 0.2) is 18.2 Å². The smallest absolute Gasteiger partial charge is 0.235 e. The largest absolute Gasteiger partial charge is 0.312 e. The van der Waals surface area contributed by atoms with Crippen LogP contribution in [0.1, 0.15) is 44.1 Å². The van der Waals surface area contributed by atoms with Crippen molar-refractivity contribution < 1.29 is 13.2 Å². The highest BCUT2D eigenvalue weighted by Crippen LogP contribution is 2.38. The van der Waals surface area contributed by atoms with Gasteiger partial charge in [0.25, 0.3) is 0 Å². The first-order chi connectivity index (χ1) is 11.0. The van der Waals surface area contributed by atoms with Crippen LogP contribution >= 0.6 is 0 Å². The summed E-state index contributed by atoms with van der Waals surface area (Å²) in [5.74, 6) is 0.374. The molecule has 0 aromatic heterocycles. The quantitative estimate of drug-likeness (QED) is 0.920. The van der Waals surface area contributed by atoms with Gasteiger partial charge in [0.05, 0.1) is 10.9 Å². The van der Waals surface area contributed by atoms with E-state index in [1.54, 1.807) is 0 Å². The molecule has 0 saturated heterocycles. The highest BCUT2D eigenvalue weighted by Gasteiger charge is 2.36. The fourth-order valence-corrected chi connectivity index (χ4v) is 5.24. The van der Waals surface area contributed by atoms with Gasteiger partial charge in [-0.2, -0.15) is 0 Å². The van der Waals surface area contributed by atoms with Gasteiger partial charge in [-0.15, -0.1) is 0 Å². The van der Waals surface area contributed by atoms with Gasteiger partial charge < -0.3 is 4.90 Å². The van der Waals surface area contributed by atoms with Crippen LogP contribution in [0.2, 0.25) is 0 Å². The van der Waals surface area contributed by atoms with E-state index in [1.807, 2.05) is 23.1 Å². The summed E-state index contributed by atoms with van der Waals surface area (Å²) in [6.07, 6.45) is 6.28.